The lowest BCUT2D eigenvalue weighted by molar-refractivity contribution is 0.336. The minimum absolute atomic E-state index is 0.314. The van der Waals surface area contributed by atoms with Crippen LogP contribution in [-0.2, 0) is 10.0 Å². The van der Waals surface area contributed by atoms with Crippen molar-refractivity contribution >= 4 is 15.7 Å². The fourth-order valence-electron chi connectivity index (χ4n) is 2.54. The molecule has 0 bridgehead atoms. The summed E-state index contributed by atoms with van der Waals surface area (Å²) in [5.41, 5.74) is 1.30. The van der Waals surface area contributed by atoms with E-state index in [1.54, 1.807) is 25.1 Å². The van der Waals surface area contributed by atoms with E-state index in [0.717, 1.165) is 31.5 Å². The van der Waals surface area contributed by atoms with Crippen LogP contribution in [0.1, 0.15) is 32.3 Å². The summed E-state index contributed by atoms with van der Waals surface area (Å²) in [5, 5.41) is 10.3. The van der Waals surface area contributed by atoms with Crippen LogP contribution in [0.25, 0.3) is 0 Å². The van der Waals surface area contributed by atoms with E-state index in [-0.39, 0.29) is 0 Å². The van der Waals surface area contributed by atoms with E-state index in [9.17, 15) is 8.42 Å². The fourth-order valence-corrected chi connectivity index (χ4v) is 4.24. The zero-order valence-electron chi connectivity index (χ0n) is 13.5. The second-order valence-corrected chi connectivity index (χ2v) is 7.30. The number of benzene rings is 1. The molecule has 2 rings (SSSR count). The molecule has 0 aromatic heterocycles. The summed E-state index contributed by atoms with van der Waals surface area (Å²) in [4.78, 5) is 0.314. The normalized spacial score (nSPS) is 16.1. The van der Waals surface area contributed by atoms with Crippen molar-refractivity contribution < 1.29 is 8.42 Å². The van der Waals surface area contributed by atoms with Crippen molar-refractivity contribution in [3.8, 4) is 0 Å². The standard InChI is InChI=1S/C15H24N4O2S/c1-4-19(5-2)22(20,21)15-12-14(9-8-13(15)3)16-17-18-10-6-7-11-18/h8-9,12H,4-7,10-11H2,1-3H3. The summed E-state index contributed by atoms with van der Waals surface area (Å²) in [7, 11) is -3.47. The molecule has 0 unspecified atom stereocenters. The second-order valence-electron chi connectivity index (χ2n) is 5.39. The van der Waals surface area contributed by atoms with Crippen molar-refractivity contribution in [3.05, 3.63) is 23.8 Å². The third-order valence-electron chi connectivity index (χ3n) is 3.86. The molecule has 7 heteroatoms. The Labute approximate surface area is 132 Å². The highest BCUT2D eigenvalue weighted by molar-refractivity contribution is 7.89. The Hall–Kier alpha value is -1.47. The highest BCUT2D eigenvalue weighted by atomic mass is 32.2. The third kappa shape index (κ3) is 3.64. The largest absolute Gasteiger partial charge is 0.278 e. The van der Waals surface area contributed by atoms with Crippen LogP contribution < -0.4 is 0 Å². The lowest BCUT2D eigenvalue weighted by Gasteiger charge is -2.19. The van der Waals surface area contributed by atoms with Crippen molar-refractivity contribution in [1.29, 1.82) is 0 Å². The molecule has 6 nitrogen and oxygen atoms in total. The van der Waals surface area contributed by atoms with Gasteiger partial charge in [-0.05, 0) is 37.5 Å². The zero-order valence-corrected chi connectivity index (χ0v) is 14.3. The zero-order chi connectivity index (χ0) is 16.2. The van der Waals surface area contributed by atoms with Gasteiger partial charge in [0, 0.05) is 26.2 Å². The van der Waals surface area contributed by atoms with Gasteiger partial charge < -0.3 is 0 Å². The van der Waals surface area contributed by atoms with E-state index in [1.807, 2.05) is 18.9 Å². The van der Waals surface area contributed by atoms with Crippen molar-refractivity contribution in [1.82, 2.24) is 9.31 Å². The van der Waals surface area contributed by atoms with Gasteiger partial charge in [0.05, 0.1) is 10.6 Å². The first-order valence-corrected chi connectivity index (χ1v) is 9.20. The predicted molar refractivity (Wildman–Crippen MR) is 86.6 cm³/mol. The Morgan fingerprint density at radius 3 is 2.41 bits per heavy atom. The van der Waals surface area contributed by atoms with Crippen LogP contribution in [0.4, 0.5) is 5.69 Å². The smallest absolute Gasteiger partial charge is 0.243 e. The maximum absolute atomic E-state index is 12.7. The van der Waals surface area contributed by atoms with Gasteiger partial charge in [0.2, 0.25) is 10.0 Å². The lowest BCUT2D eigenvalue weighted by atomic mass is 10.2. The minimum atomic E-state index is -3.47. The molecule has 0 amide bonds. The fraction of sp³-hybridized carbons (Fsp3) is 0.600. The lowest BCUT2D eigenvalue weighted by Crippen LogP contribution is -2.31. The van der Waals surface area contributed by atoms with Gasteiger partial charge in [-0.2, -0.15) is 4.31 Å². The molecule has 1 saturated heterocycles. The van der Waals surface area contributed by atoms with E-state index in [4.69, 9.17) is 0 Å². The van der Waals surface area contributed by atoms with Crippen molar-refractivity contribution in [3.63, 3.8) is 0 Å². The Kier molecular flexibility index (Phi) is 5.52. The van der Waals surface area contributed by atoms with Crippen molar-refractivity contribution in [2.45, 2.75) is 38.5 Å². The van der Waals surface area contributed by atoms with Gasteiger partial charge in [0.15, 0.2) is 0 Å². The average molecular weight is 324 g/mol. The van der Waals surface area contributed by atoms with Crippen molar-refractivity contribution in [2.75, 3.05) is 26.2 Å². The third-order valence-corrected chi connectivity index (χ3v) is 6.06. The molecule has 1 aromatic rings. The summed E-state index contributed by atoms with van der Waals surface area (Å²) in [6.45, 7) is 8.23. The predicted octanol–water partition coefficient (Wildman–Crippen LogP) is 3.12. The molecule has 1 aliphatic heterocycles. The molecule has 1 fully saturated rings. The Balaban J connectivity index is 2.30. The number of nitrogens with zero attached hydrogens (tertiary/aromatic N) is 4. The molecular formula is C15H24N4O2S. The highest BCUT2D eigenvalue weighted by Gasteiger charge is 2.23. The van der Waals surface area contributed by atoms with Crippen LogP contribution in [-0.4, -0.2) is 43.9 Å². The topological polar surface area (TPSA) is 65.3 Å². The van der Waals surface area contributed by atoms with Crippen molar-refractivity contribution in [2.24, 2.45) is 10.3 Å². The molecule has 0 atom stereocenters. The number of hydrogen-bond donors (Lipinski definition) is 0. The first-order valence-electron chi connectivity index (χ1n) is 7.76. The van der Waals surface area contributed by atoms with Gasteiger partial charge in [-0.25, -0.2) is 8.42 Å². The molecule has 122 valence electrons. The van der Waals surface area contributed by atoms with Crippen LogP contribution in [0.2, 0.25) is 0 Å². The molecule has 1 aliphatic rings. The Morgan fingerprint density at radius 1 is 1.18 bits per heavy atom. The Bertz CT molecular complexity index is 633. The van der Waals surface area contributed by atoms with E-state index < -0.39 is 10.0 Å². The first kappa shape index (κ1) is 16.9. The van der Waals surface area contributed by atoms with E-state index in [0.29, 0.717) is 23.7 Å². The molecule has 1 heterocycles. The van der Waals surface area contributed by atoms with Gasteiger partial charge in [0.25, 0.3) is 0 Å². The Morgan fingerprint density at radius 2 is 1.82 bits per heavy atom. The number of sulfonamides is 1. The first-order chi connectivity index (χ1) is 10.5. The van der Waals surface area contributed by atoms with E-state index in [2.05, 4.69) is 10.3 Å². The van der Waals surface area contributed by atoms with Crippen LogP contribution >= 0.6 is 0 Å². The van der Waals surface area contributed by atoms with E-state index >= 15 is 0 Å². The molecule has 0 aliphatic carbocycles. The van der Waals surface area contributed by atoms with Gasteiger partial charge >= 0.3 is 0 Å². The van der Waals surface area contributed by atoms with Gasteiger partial charge in [-0.15, -0.1) is 5.11 Å². The molecule has 1 aromatic carbocycles. The molecular weight excluding hydrogens is 300 g/mol. The number of aryl methyl sites for hydroxylation is 1. The van der Waals surface area contributed by atoms with Crippen LogP contribution in [0.3, 0.4) is 0 Å². The maximum Gasteiger partial charge on any atom is 0.243 e. The second kappa shape index (κ2) is 7.19. The summed E-state index contributed by atoms with van der Waals surface area (Å²) in [6.07, 6.45) is 2.27. The van der Waals surface area contributed by atoms with Gasteiger partial charge in [-0.3, -0.25) is 5.01 Å². The quantitative estimate of drug-likeness (QED) is 0.755. The van der Waals surface area contributed by atoms with E-state index in [1.165, 1.54) is 4.31 Å². The molecule has 22 heavy (non-hydrogen) atoms. The molecule has 0 N–H and O–H groups in total. The number of hydrogen-bond acceptors (Lipinski definition) is 4. The highest BCUT2D eigenvalue weighted by Crippen LogP contribution is 2.25. The maximum atomic E-state index is 12.7. The van der Waals surface area contributed by atoms with Crippen LogP contribution in [0.15, 0.2) is 33.4 Å². The van der Waals surface area contributed by atoms with Crippen LogP contribution in [0.5, 0.6) is 0 Å². The van der Waals surface area contributed by atoms with Gasteiger partial charge in [0.1, 0.15) is 0 Å². The van der Waals surface area contributed by atoms with Gasteiger partial charge in [-0.1, -0.05) is 25.1 Å². The minimum Gasteiger partial charge on any atom is -0.278 e. The summed E-state index contributed by atoms with van der Waals surface area (Å²) in [6, 6.07) is 5.20. The molecule has 0 spiro atoms. The molecule has 0 radical (unpaired) electrons. The van der Waals surface area contributed by atoms with Crippen LogP contribution in [0, 0.1) is 6.92 Å². The average Bonchev–Trinajstić information content (AvgIpc) is 3.00. The monoisotopic (exact) mass is 324 g/mol. The summed E-state index contributed by atoms with van der Waals surface area (Å²) >= 11 is 0. The number of rotatable bonds is 6. The molecule has 0 saturated carbocycles. The summed E-state index contributed by atoms with van der Waals surface area (Å²) < 4.78 is 26.8. The SMILES string of the molecule is CCN(CC)S(=O)(=O)c1cc(N=NN2CCCC2)ccc1C. The summed E-state index contributed by atoms with van der Waals surface area (Å²) in [5.74, 6) is 0.